The molecule has 3 unspecified atom stereocenters. The number of carbonyl (C=O) groups excluding carboxylic acids is 2. The number of hydrogen-bond donors (Lipinski definition) is 7. The first kappa shape index (κ1) is 105. The zero-order chi connectivity index (χ0) is 96.3. The number of imidazole rings is 2. The van der Waals surface area contributed by atoms with Gasteiger partial charge < -0.3 is 83.1 Å². The minimum atomic E-state index is -4.61. The number of morpholine rings is 2. The van der Waals surface area contributed by atoms with E-state index in [1.54, 1.807) is 101 Å². The second kappa shape index (κ2) is 38.8. The maximum absolute atomic E-state index is 13.4. The summed E-state index contributed by atoms with van der Waals surface area (Å²) in [4.78, 5) is 140. The lowest BCUT2D eigenvalue weighted by Crippen LogP contribution is -2.52. The van der Waals surface area contributed by atoms with Gasteiger partial charge in [0.2, 0.25) is 0 Å². The number of hydrogen-bond acceptors (Lipinski definition) is 32. The summed E-state index contributed by atoms with van der Waals surface area (Å²) < 4.78 is 120. The lowest BCUT2D eigenvalue weighted by molar-refractivity contribution is -0.181. The summed E-state index contributed by atoms with van der Waals surface area (Å²) >= 11 is 5.27. The van der Waals surface area contributed by atoms with Gasteiger partial charge in [0.1, 0.15) is 72.4 Å². The molecule has 0 aliphatic carbocycles. The Bertz CT molecular complexity index is 5150. The van der Waals surface area contributed by atoms with Gasteiger partial charge in [0.25, 0.3) is 22.9 Å². The van der Waals surface area contributed by atoms with Crippen molar-refractivity contribution in [2.45, 2.75) is 325 Å². The maximum atomic E-state index is 13.4. The number of H-pyrrole nitrogens is 2. The monoisotopic (exact) mass is 1880 g/mol. The van der Waals surface area contributed by atoms with Crippen LogP contribution in [0.25, 0.3) is 22.3 Å². The van der Waals surface area contributed by atoms with E-state index in [-0.39, 0.29) is 76.9 Å². The van der Waals surface area contributed by atoms with Crippen molar-refractivity contribution in [1.82, 2.24) is 67.9 Å². The van der Waals surface area contributed by atoms with Gasteiger partial charge in [-0.3, -0.25) is 70.0 Å². The Labute approximate surface area is 750 Å². The number of nitrogens with two attached hydrogens (primary N) is 2. The molecule has 2 amide bonds. The highest BCUT2D eigenvalue weighted by Gasteiger charge is 2.73. The Morgan fingerprint density at radius 2 is 0.828 bits per heavy atom. The van der Waals surface area contributed by atoms with Gasteiger partial charge in [-0.25, -0.2) is 48.6 Å². The Kier molecular flexibility index (Phi) is 31.8. The van der Waals surface area contributed by atoms with Crippen LogP contribution in [0.3, 0.4) is 0 Å². The summed E-state index contributed by atoms with van der Waals surface area (Å²) in [5, 5.41) is 0. The predicted molar refractivity (Wildman–Crippen MR) is 476 cm³/mol. The smallest absolute Gasteiger partial charge is 0.382 e. The highest BCUT2D eigenvalue weighted by Crippen LogP contribution is 2.62. The number of nitrogens with one attached hydrogen (secondary N) is 2. The number of aryl methyl sites for hydroxylation is 2. The van der Waals surface area contributed by atoms with Crippen molar-refractivity contribution in [2.24, 2.45) is 21.7 Å². The van der Waals surface area contributed by atoms with Gasteiger partial charge in [-0.15, -0.1) is 0 Å². The van der Waals surface area contributed by atoms with E-state index in [9.17, 15) is 52.6 Å². The Morgan fingerprint density at radius 1 is 0.469 bits per heavy atom. The van der Waals surface area contributed by atoms with Gasteiger partial charge in [0.15, 0.2) is 59.0 Å². The molecule has 6 fully saturated rings. The summed E-state index contributed by atoms with van der Waals surface area (Å²) in [7, 11) is -2.74. The van der Waals surface area contributed by atoms with E-state index in [4.69, 9.17) is 93.0 Å². The molecule has 0 saturated carbocycles. The predicted octanol–water partition coefficient (Wildman–Crippen LogP) is 9.53. The average Bonchev–Trinajstić information content (AvgIpc) is 1.53. The summed E-state index contributed by atoms with van der Waals surface area (Å²) in [5.74, 6) is -0.166. The molecule has 0 aromatic carbocycles. The molecule has 128 heavy (non-hydrogen) atoms. The van der Waals surface area contributed by atoms with Crippen LogP contribution in [-0.4, -0.2) is 244 Å². The van der Waals surface area contributed by atoms with Gasteiger partial charge in [0, 0.05) is 51.8 Å². The van der Waals surface area contributed by atoms with Crippen molar-refractivity contribution in [2.75, 3.05) is 66.2 Å². The number of aromatic amines is 2. The second-order valence-electron chi connectivity index (χ2n) is 41.9. The molecule has 12 heterocycles. The SMILES string of the molecule is COCCO[C@@H]1[C@H](OC(C)(C)C)[C@@H](CC(C)(C)C)O[C@H]1n1cnc2c(N)ncnc21.COCCO[C@@H]1[C@H](OP(=O)(O)OC(C)(C)C)[C@@H](CC(C)(C)C)O[C@H]1n1cnc2c(N)ncnc21.Cc1cn([C@@H]2O[C@@]3(CC(C)(C)C)C(=O)N(C)[C@@H]2[C@@H]3OP(=O)(O)OC(C)(C)C)c(=O)[nH]c1=O.Cc1cn([C@@H]2O[C@@]3(CC(C)(C)C)C(=O)N(C)[C@@H]2[C@@H]3OP(O)(=S)OC(C)(C)C)c(=O)[nH]c1=O. The van der Waals surface area contributed by atoms with Crippen molar-refractivity contribution in [3.63, 3.8) is 0 Å². The van der Waals surface area contributed by atoms with Crippen LogP contribution in [0.2, 0.25) is 0 Å². The van der Waals surface area contributed by atoms with Crippen LogP contribution in [0.1, 0.15) is 228 Å². The molecule has 4 bridgehead atoms. The van der Waals surface area contributed by atoms with Gasteiger partial charge in [-0.1, -0.05) is 83.1 Å². The number of ether oxygens (including phenoxy) is 9. The van der Waals surface area contributed by atoms with Crippen LogP contribution >= 0.6 is 22.4 Å². The molecule has 6 aliphatic heterocycles. The molecule has 6 aromatic heterocycles. The number of phosphoric ester groups is 2. The first-order chi connectivity index (χ1) is 58.4. The van der Waals surface area contributed by atoms with Crippen molar-refractivity contribution in [1.29, 1.82) is 0 Å². The summed E-state index contributed by atoms with van der Waals surface area (Å²) in [5.41, 5.74) is 5.09. The third-order valence-corrected chi connectivity index (χ3v) is 24.9. The van der Waals surface area contributed by atoms with Crippen LogP contribution in [0.15, 0.2) is 56.9 Å². The fraction of sp³-hybridized carbons (Fsp3) is 0.756. The number of aromatic nitrogens is 12. The molecule has 720 valence electrons. The van der Waals surface area contributed by atoms with Crippen LogP contribution in [0, 0.1) is 35.5 Å². The molecule has 6 saturated heterocycles. The Morgan fingerprint density at radius 3 is 1.18 bits per heavy atom. The number of anilines is 2. The number of fused-ring (bicyclic) bond motifs is 6. The minimum absolute atomic E-state index is 0.0553. The van der Waals surface area contributed by atoms with Crippen molar-refractivity contribution < 1.29 is 103 Å². The molecular weight excluding hydrogens is 1750 g/mol. The van der Waals surface area contributed by atoms with Gasteiger partial charge in [-0.05, 0) is 156 Å². The fourth-order valence-corrected chi connectivity index (χ4v) is 21.4. The highest BCUT2D eigenvalue weighted by atomic mass is 32.5. The fourth-order valence-electron chi connectivity index (χ4n) is 16.5. The van der Waals surface area contributed by atoms with Crippen LogP contribution in [0.4, 0.5) is 11.6 Å². The normalized spacial score (nSPS) is 27.8. The number of carbonyl (C=O) groups is 2. The van der Waals surface area contributed by atoms with Gasteiger partial charge >= 0.3 is 33.7 Å². The lowest BCUT2D eigenvalue weighted by Gasteiger charge is -2.38. The number of nitrogens with zero attached hydrogens (tertiary/aromatic N) is 12. The topological polar surface area (TPSA) is 523 Å². The van der Waals surface area contributed by atoms with Crippen molar-refractivity contribution in [3.05, 3.63) is 90.5 Å². The van der Waals surface area contributed by atoms with Crippen molar-refractivity contribution in [3.8, 4) is 0 Å². The number of amides is 2. The summed E-state index contributed by atoms with van der Waals surface area (Å²) in [6.45, 7) is 46.2. The molecule has 9 N–H and O–H groups in total. The number of phosphoric acid groups is 2. The molecular formula is C82H135N16O26P3S. The van der Waals surface area contributed by atoms with E-state index in [1.807, 2.05) is 87.7 Å². The molecule has 6 aromatic rings. The number of rotatable bonds is 26. The van der Waals surface area contributed by atoms with Crippen LogP contribution in [-0.2, 0) is 100 Å². The third kappa shape index (κ3) is 25.7. The average molecular weight is 1890 g/mol. The second-order valence-corrected chi connectivity index (χ2v) is 47.2. The molecule has 46 heteroatoms. The molecule has 0 spiro atoms. The zero-order valence-corrected chi connectivity index (χ0v) is 82.7. The van der Waals surface area contributed by atoms with E-state index in [1.165, 1.54) is 64.3 Å². The van der Waals surface area contributed by atoms with Crippen LogP contribution in [0.5, 0.6) is 0 Å². The van der Waals surface area contributed by atoms with Crippen molar-refractivity contribution >= 4 is 79.9 Å². The largest absolute Gasteiger partial charge is 0.473 e. The quantitative estimate of drug-likeness (QED) is 0.0196. The van der Waals surface area contributed by atoms with Gasteiger partial charge in [-0.2, -0.15) is 0 Å². The lowest BCUT2D eigenvalue weighted by atomic mass is 9.80. The highest BCUT2D eigenvalue weighted by molar-refractivity contribution is 8.07. The number of nitrogen functional groups attached to an aromatic ring is 2. The third-order valence-electron chi connectivity index (χ3n) is 20.6. The van der Waals surface area contributed by atoms with E-state index >= 15 is 0 Å². The molecule has 42 nitrogen and oxygen atoms in total. The Balaban J connectivity index is 0.000000193. The van der Waals surface area contributed by atoms with E-state index in [0.29, 0.717) is 60.0 Å². The maximum Gasteiger partial charge on any atom is 0.473 e. The van der Waals surface area contributed by atoms with Crippen LogP contribution < -0.4 is 34.0 Å². The number of likely N-dealkylation sites (N-methyl/N-ethyl adjacent to an activating group) is 2. The van der Waals surface area contributed by atoms with E-state index < -0.39 is 152 Å². The standard InChI is InChI=1S/C21H36N5O7P.C21H35N5O4.C20H32N3O8P.C20H32N3O7PS/c1-20(2,3)10-13-15(32-34(27,28)33-21(4,5)6)16(30-9-8-29-7)19(31-13)26-12-25-14-17(22)23-11-24-18(14)26;1-20(2,3)10-13-15(30-21(4,5)6)16(28-9-8-27-7)19(29-13)26-12-25-14-17(22)23-11-24-18(14)26;1-11-9-23(17(26)21-14(11)24)15-12-13(30-32(27,28)31-19(5,6)7)20(29-15,10-18(2,3)4)16(25)22(12)8;1-11-9-23(17(26)21-14(11)24)15-12-13(29-31(27,32)30-19(5,6)7)20(28-15,10-18(2,3)4)16(25)22(12)8/h11-13,15-16,19H,8-10H2,1-7H3,(H,27,28)(H2,22,23,24);11-13,15-16,19H,8-10H2,1-7H3,(H2,22,23,24);9,12-13,15H,10H2,1-8H3,(H,27,28)(H,21,24,26);9,12-13,15H,10H2,1-8H3,(H,27,32)(H,21,24,26)/t2*13-,15-,16-,19-;12-,13+,15-,20-;12-,13+,15-,20-,31?/m1111/s1. The van der Waals surface area contributed by atoms with E-state index in [0.717, 1.165) is 6.42 Å². The number of methoxy groups -OCH3 is 2. The first-order valence-electron chi connectivity index (χ1n) is 42.2. The molecule has 6 aliphatic rings. The molecule has 19 atom stereocenters. The molecule has 0 radical (unpaired) electrons. The number of likely N-dealkylation sites (tertiary alicyclic amines) is 2. The summed E-state index contributed by atoms with van der Waals surface area (Å²) in [6.07, 6.45) is 2.03. The Hall–Kier alpha value is -6.61. The zero-order valence-electron chi connectivity index (χ0n) is 79.2. The van der Waals surface area contributed by atoms with Gasteiger partial charge in [0.05, 0.1) is 73.7 Å². The summed E-state index contributed by atoms with van der Waals surface area (Å²) in [6, 6.07) is -1.68. The molecule has 12 rings (SSSR count). The first-order valence-corrected chi connectivity index (χ1v) is 47.8. The minimum Gasteiger partial charge on any atom is -0.382 e. The van der Waals surface area contributed by atoms with E-state index in [2.05, 4.69) is 60.6 Å².